The maximum Gasteiger partial charge on any atom is 1.00 e. The van der Waals surface area contributed by atoms with Crippen LogP contribution in [0.2, 0.25) is 0 Å². The van der Waals surface area contributed by atoms with Crippen LogP contribution in [0.15, 0.2) is 29.5 Å². The molecule has 9 nitrogen and oxygen atoms in total. The summed E-state index contributed by atoms with van der Waals surface area (Å²) >= 11 is 0. The Hall–Kier alpha value is 2.92. The van der Waals surface area contributed by atoms with Gasteiger partial charge in [-0.25, -0.2) is 0 Å². The third kappa shape index (κ3) is 14.3. The van der Waals surface area contributed by atoms with Crippen molar-refractivity contribution in [2.24, 2.45) is 0 Å². The van der Waals surface area contributed by atoms with Gasteiger partial charge in [-0.3, -0.25) is 4.68 Å². The van der Waals surface area contributed by atoms with Gasteiger partial charge in [0.1, 0.15) is 0 Å². The van der Waals surface area contributed by atoms with Crippen LogP contribution in [0.5, 0.6) is 0 Å². The van der Waals surface area contributed by atoms with Gasteiger partial charge in [0.25, 0.3) is 0 Å². The Morgan fingerprint density at radius 2 is 1.52 bits per heavy atom. The van der Waals surface area contributed by atoms with Crippen LogP contribution in [-0.2, 0) is 22.1 Å². The monoisotopic (exact) mass is 509 g/mol. The van der Waals surface area contributed by atoms with Crippen LogP contribution < -0.4 is 138 Å². The number of nitrogens with zero attached hydrogens (tertiary/aromatic N) is 3. The molecule has 0 amide bonds. The van der Waals surface area contributed by atoms with Crippen LogP contribution in [0.3, 0.4) is 0 Å². The van der Waals surface area contributed by atoms with Crippen molar-refractivity contribution in [2.45, 2.75) is 64.8 Å². The van der Waals surface area contributed by atoms with Crippen molar-refractivity contribution in [1.29, 1.82) is 0 Å². The third-order valence-corrected chi connectivity index (χ3v) is 8.37. The minimum absolute atomic E-state index is 0. The molecule has 0 aliphatic rings. The molecule has 1 aromatic heterocycles. The van der Waals surface area contributed by atoms with Crippen molar-refractivity contribution in [1.82, 2.24) is 15.0 Å². The standard InChI is InChI=1S/C16H29N3O6P2.4Na/c1-13(2)7-5-8-14(3)9-6-10-19-12-15(17-18-19)11-16(4,26(20,21)22)27(23,24)25;;;;/h7,9,12H,5-6,8,10-11H2,1-4H3,(H2,20,21,22)(H2,23,24,25);;;;/q;4*+1/p-4/b14-9+;;;;. The molecule has 0 aliphatic heterocycles. The summed E-state index contributed by atoms with van der Waals surface area (Å²) in [5, 5.41) is 7.47. The number of hydrogen-bond acceptors (Lipinski definition) is 8. The van der Waals surface area contributed by atoms with Crippen molar-refractivity contribution in [3.8, 4) is 0 Å². The largest absolute Gasteiger partial charge is 1.00 e. The van der Waals surface area contributed by atoms with E-state index in [9.17, 15) is 28.7 Å². The van der Waals surface area contributed by atoms with Crippen molar-refractivity contribution in [2.75, 3.05) is 0 Å². The van der Waals surface area contributed by atoms with Gasteiger partial charge in [-0.05, 0) is 47.0 Å². The molecule has 0 radical (unpaired) electrons. The first-order valence-corrected chi connectivity index (χ1v) is 11.6. The quantitative estimate of drug-likeness (QED) is 0.171. The van der Waals surface area contributed by atoms with E-state index in [0.29, 0.717) is 19.9 Å². The van der Waals surface area contributed by atoms with Gasteiger partial charge in [0.05, 0.1) is 5.69 Å². The summed E-state index contributed by atoms with van der Waals surface area (Å²) in [4.78, 5) is 42.3. The molecule has 0 aromatic carbocycles. The molecular formula is C16H25N3Na4O6P2. The molecular weight excluding hydrogens is 484 g/mol. The first-order chi connectivity index (χ1) is 12.3. The topological polar surface area (TPSA) is 157 Å². The van der Waals surface area contributed by atoms with Gasteiger partial charge < -0.3 is 28.7 Å². The van der Waals surface area contributed by atoms with Gasteiger partial charge in [0, 0.05) is 24.1 Å². The van der Waals surface area contributed by atoms with Gasteiger partial charge in [-0.15, -0.1) is 5.10 Å². The van der Waals surface area contributed by atoms with Crippen LogP contribution in [0.1, 0.15) is 52.7 Å². The van der Waals surface area contributed by atoms with Crippen LogP contribution in [0, 0.1) is 0 Å². The Balaban J connectivity index is -0.000000911. The Morgan fingerprint density at radius 3 is 1.97 bits per heavy atom. The molecule has 0 unspecified atom stereocenters. The second-order valence-corrected chi connectivity index (χ2v) is 11.3. The smallest absolute Gasteiger partial charge is 0.810 e. The number of aromatic nitrogens is 3. The minimum Gasteiger partial charge on any atom is -0.810 e. The fourth-order valence-corrected chi connectivity index (χ4v) is 4.26. The van der Waals surface area contributed by atoms with Crippen molar-refractivity contribution < 1.29 is 147 Å². The molecule has 0 fully saturated rings. The van der Waals surface area contributed by atoms with E-state index in [4.69, 9.17) is 0 Å². The molecule has 0 spiro atoms. The van der Waals surface area contributed by atoms with Crippen LogP contribution in [0.25, 0.3) is 0 Å². The summed E-state index contributed by atoms with van der Waals surface area (Å²) < 4.78 is 24.1. The zero-order valence-electron chi connectivity index (χ0n) is 20.0. The summed E-state index contributed by atoms with van der Waals surface area (Å²) in [6, 6.07) is 0. The predicted octanol–water partition coefficient (Wildman–Crippen LogP) is -11.5. The summed E-state index contributed by atoms with van der Waals surface area (Å²) in [5.74, 6) is 0. The average molecular weight is 509 g/mol. The van der Waals surface area contributed by atoms with Crippen molar-refractivity contribution in [3.05, 3.63) is 35.2 Å². The number of allylic oxidation sites excluding steroid dienone is 4. The maximum atomic E-state index is 11.3. The molecule has 1 aromatic rings. The Labute approximate surface area is 273 Å². The summed E-state index contributed by atoms with van der Waals surface area (Å²) in [6.45, 7) is 7.18. The molecule has 0 aliphatic carbocycles. The zero-order chi connectivity index (χ0) is 20.9. The molecule has 0 saturated carbocycles. The van der Waals surface area contributed by atoms with E-state index < -0.39 is 26.5 Å². The summed E-state index contributed by atoms with van der Waals surface area (Å²) in [6.07, 6.45) is 7.30. The number of hydrogen-bond donors (Lipinski definition) is 0. The maximum absolute atomic E-state index is 11.3. The molecule has 31 heavy (non-hydrogen) atoms. The Morgan fingerprint density at radius 1 is 1.00 bits per heavy atom. The van der Waals surface area contributed by atoms with Crippen LogP contribution in [0.4, 0.5) is 0 Å². The Bertz CT molecular complexity index is 781. The molecule has 0 atom stereocenters. The van der Waals surface area contributed by atoms with Crippen molar-refractivity contribution >= 4 is 15.2 Å². The van der Waals surface area contributed by atoms with E-state index in [1.807, 2.05) is 20.8 Å². The van der Waals surface area contributed by atoms with E-state index in [1.165, 1.54) is 22.0 Å². The van der Waals surface area contributed by atoms with Gasteiger partial charge in [0.2, 0.25) is 0 Å². The molecule has 1 heterocycles. The second kappa shape index (κ2) is 18.2. The van der Waals surface area contributed by atoms with Crippen LogP contribution >= 0.6 is 15.2 Å². The molecule has 0 bridgehead atoms. The fourth-order valence-electron chi connectivity index (χ4n) is 2.35. The summed E-state index contributed by atoms with van der Waals surface area (Å²) in [7, 11) is -11.4. The van der Waals surface area contributed by atoms with Gasteiger partial charge in [0.15, 0.2) is 0 Å². The average Bonchev–Trinajstić information content (AvgIpc) is 2.91. The predicted molar refractivity (Wildman–Crippen MR) is 94.4 cm³/mol. The molecule has 15 heteroatoms. The van der Waals surface area contributed by atoms with E-state index in [-0.39, 0.29) is 124 Å². The summed E-state index contributed by atoms with van der Waals surface area (Å²) in [5.41, 5.74) is 2.45. The number of rotatable bonds is 10. The van der Waals surface area contributed by atoms with Crippen LogP contribution in [-0.4, -0.2) is 19.9 Å². The van der Waals surface area contributed by atoms with Gasteiger partial charge in [-0.1, -0.05) is 43.7 Å². The molecule has 154 valence electrons. The van der Waals surface area contributed by atoms with E-state index in [0.717, 1.165) is 12.8 Å². The second-order valence-electron chi connectivity index (χ2n) is 7.02. The zero-order valence-corrected chi connectivity index (χ0v) is 29.7. The SMILES string of the molecule is CC(C)=CCC/C(C)=C/CCn1cc(CC(C)(P(=O)([O-])[O-])P(=O)([O-])[O-])nn1.[Na+].[Na+].[Na+].[Na+]. The third-order valence-electron chi connectivity index (χ3n) is 4.22. The number of aryl methyl sites for hydroxylation is 1. The van der Waals surface area contributed by atoms with Gasteiger partial charge >= 0.3 is 118 Å². The first-order valence-electron chi connectivity index (χ1n) is 8.48. The van der Waals surface area contributed by atoms with E-state index in [1.54, 1.807) is 0 Å². The normalized spacial score (nSPS) is 11.9. The minimum atomic E-state index is -5.70. The molecule has 1 rings (SSSR count). The Kier molecular flexibility index (Phi) is 24.1. The molecule has 0 saturated heterocycles. The molecule has 0 N–H and O–H groups in total. The van der Waals surface area contributed by atoms with E-state index in [2.05, 4.69) is 22.5 Å². The van der Waals surface area contributed by atoms with Crippen molar-refractivity contribution in [3.63, 3.8) is 0 Å². The van der Waals surface area contributed by atoms with E-state index >= 15 is 0 Å². The fraction of sp³-hybridized carbons (Fsp3) is 0.625. The van der Waals surface area contributed by atoms with Gasteiger partial charge in [-0.2, -0.15) is 0 Å². The first kappa shape index (κ1) is 41.1.